The van der Waals surface area contributed by atoms with Gasteiger partial charge in [-0.05, 0) is 0 Å². The topological polar surface area (TPSA) is 0 Å². The summed E-state index contributed by atoms with van der Waals surface area (Å²) < 4.78 is 3.01. The molecule has 0 aromatic heterocycles. The molecule has 1 heterocycles. The molecule has 0 bridgehead atoms. The van der Waals surface area contributed by atoms with Gasteiger partial charge in [-0.2, -0.15) is 0 Å². The Morgan fingerprint density at radius 1 is 0.800 bits per heavy atom. The number of hydrogen-bond donors (Lipinski definition) is 0. The Labute approximate surface area is 130 Å². The van der Waals surface area contributed by atoms with Gasteiger partial charge < -0.3 is 0 Å². The fraction of sp³-hybridized carbons (Fsp3) is 0.684. The number of rotatable bonds is 6. The molecule has 0 fully saturated rings. The fourth-order valence-corrected chi connectivity index (χ4v) is 12.2. The summed E-state index contributed by atoms with van der Waals surface area (Å²) in [5.74, 6) is 0. The molecule has 1 aromatic carbocycles. The number of aryl methyl sites for hydroxylation is 2. The molecule has 20 heavy (non-hydrogen) atoms. The second kappa shape index (κ2) is 6.85. The SMILES string of the molecule is CCCc1cc(CCC)c2c(c1CCC)[CH2][Sn]([CH3])([CH3])[CH2]2. The zero-order valence-electron chi connectivity index (χ0n) is 14.2. The number of benzene rings is 1. The average molecular weight is 379 g/mol. The molecule has 0 saturated carbocycles. The first kappa shape index (κ1) is 16.4. The Balaban J connectivity index is 2.54. The van der Waals surface area contributed by atoms with Gasteiger partial charge in [0.1, 0.15) is 0 Å². The second-order valence-corrected chi connectivity index (χ2v) is 21.8. The van der Waals surface area contributed by atoms with Crippen molar-refractivity contribution in [3.05, 3.63) is 33.9 Å². The van der Waals surface area contributed by atoms with Gasteiger partial charge in [-0.25, -0.2) is 0 Å². The first-order valence-corrected chi connectivity index (χ1v) is 18.4. The average Bonchev–Trinajstić information content (AvgIpc) is 2.70. The van der Waals surface area contributed by atoms with Crippen LogP contribution >= 0.6 is 0 Å². The molecule has 1 heteroatoms. The van der Waals surface area contributed by atoms with Gasteiger partial charge in [0.25, 0.3) is 0 Å². The van der Waals surface area contributed by atoms with Crippen LogP contribution < -0.4 is 0 Å². The molecular formula is C19H32Sn. The summed E-state index contributed by atoms with van der Waals surface area (Å²) in [6.07, 6.45) is 7.77. The molecular weight excluding hydrogens is 347 g/mol. The minimum atomic E-state index is -1.77. The Hall–Kier alpha value is 0.0187. The predicted octanol–water partition coefficient (Wildman–Crippen LogP) is 5.43. The van der Waals surface area contributed by atoms with Crippen LogP contribution in [0.1, 0.15) is 67.9 Å². The van der Waals surface area contributed by atoms with E-state index < -0.39 is 18.4 Å². The molecule has 0 atom stereocenters. The molecule has 2 rings (SSSR count). The summed E-state index contributed by atoms with van der Waals surface area (Å²) >= 11 is -1.77. The summed E-state index contributed by atoms with van der Waals surface area (Å²) in [4.78, 5) is 5.30. The van der Waals surface area contributed by atoms with Crippen molar-refractivity contribution in [2.75, 3.05) is 0 Å². The molecule has 0 aliphatic carbocycles. The first-order chi connectivity index (χ1) is 9.52. The van der Waals surface area contributed by atoms with Gasteiger partial charge in [-0.15, -0.1) is 0 Å². The van der Waals surface area contributed by atoms with Gasteiger partial charge >= 0.3 is 130 Å². The quantitative estimate of drug-likeness (QED) is 0.579. The van der Waals surface area contributed by atoms with E-state index in [1.807, 2.05) is 11.1 Å². The molecule has 0 nitrogen and oxygen atoms in total. The van der Waals surface area contributed by atoms with Crippen LogP contribution in [-0.2, 0) is 28.1 Å². The number of fused-ring (bicyclic) bond motifs is 1. The maximum absolute atomic E-state index is 2.65. The predicted molar refractivity (Wildman–Crippen MR) is 93.3 cm³/mol. The van der Waals surface area contributed by atoms with Crippen molar-refractivity contribution in [2.45, 2.75) is 78.0 Å². The molecule has 0 unspecified atom stereocenters. The van der Waals surface area contributed by atoms with E-state index in [0.29, 0.717) is 0 Å². The van der Waals surface area contributed by atoms with E-state index in [4.69, 9.17) is 0 Å². The van der Waals surface area contributed by atoms with Gasteiger partial charge in [-0.1, -0.05) is 0 Å². The van der Waals surface area contributed by atoms with E-state index in [9.17, 15) is 0 Å². The fourth-order valence-electron chi connectivity index (χ4n) is 3.95. The monoisotopic (exact) mass is 380 g/mol. The van der Waals surface area contributed by atoms with Crippen LogP contribution in [-0.4, -0.2) is 18.4 Å². The van der Waals surface area contributed by atoms with Gasteiger partial charge in [0.05, 0.1) is 0 Å². The molecule has 0 radical (unpaired) electrons. The van der Waals surface area contributed by atoms with Crippen LogP contribution in [0.3, 0.4) is 0 Å². The van der Waals surface area contributed by atoms with E-state index in [-0.39, 0.29) is 0 Å². The second-order valence-electron chi connectivity index (χ2n) is 7.40. The molecule has 0 N–H and O–H groups in total. The third-order valence-corrected chi connectivity index (χ3v) is 12.2. The molecule has 112 valence electrons. The van der Waals surface area contributed by atoms with Gasteiger partial charge in [0, 0.05) is 0 Å². The van der Waals surface area contributed by atoms with Crippen molar-refractivity contribution in [1.82, 2.24) is 0 Å². The van der Waals surface area contributed by atoms with Crippen LogP contribution in [0.15, 0.2) is 6.07 Å². The Morgan fingerprint density at radius 2 is 1.35 bits per heavy atom. The van der Waals surface area contributed by atoms with Crippen molar-refractivity contribution in [3.8, 4) is 0 Å². The first-order valence-electron chi connectivity index (χ1n) is 8.67. The van der Waals surface area contributed by atoms with Crippen molar-refractivity contribution < 1.29 is 0 Å². The van der Waals surface area contributed by atoms with Crippen LogP contribution in [0.4, 0.5) is 0 Å². The van der Waals surface area contributed by atoms with Crippen LogP contribution in [0, 0.1) is 0 Å². The van der Waals surface area contributed by atoms with Crippen molar-refractivity contribution in [1.29, 1.82) is 0 Å². The van der Waals surface area contributed by atoms with Crippen molar-refractivity contribution in [2.24, 2.45) is 0 Å². The molecule has 1 aliphatic heterocycles. The van der Waals surface area contributed by atoms with Crippen molar-refractivity contribution in [3.63, 3.8) is 0 Å². The van der Waals surface area contributed by atoms with E-state index >= 15 is 0 Å². The summed E-state index contributed by atoms with van der Waals surface area (Å²) in [7, 11) is 0. The van der Waals surface area contributed by atoms with Crippen molar-refractivity contribution >= 4 is 18.4 Å². The molecule has 0 saturated heterocycles. The van der Waals surface area contributed by atoms with Crippen LogP contribution in [0.2, 0.25) is 9.88 Å². The van der Waals surface area contributed by atoms with E-state index in [2.05, 4.69) is 36.7 Å². The number of hydrogen-bond acceptors (Lipinski definition) is 0. The standard InChI is InChI=1S/C17H26.2CH3.Sn/c1-6-9-15-12-16(10-7-2)17(11-8-3)14(5)13(15)4;;;/h12H,4-11H2,1-3H3;2*1H3;. The minimum absolute atomic E-state index is 1.29. The Bertz CT molecular complexity index is 471. The Kier molecular flexibility index (Phi) is 5.62. The summed E-state index contributed by atoms with van der Waals surface area (Å²) in [5, 5.41) is 0. The normalized spacial score (nSPS) is 16.4. The third kappa shape index (κ3) is 3.43. The van der Waals surface area contributed by atoms with E-state index in [1.165, 1.54) is 47.4 Å². The van der Waals surface area contributed by atoms with E-state index in [1.54, 1.807) is 16.7 Å². The van der Waals surface area contributed by atoms with Gasteiger partial charge in [-0.3, -0.25) is 0 Å². The molecule has 1 aromatic rings. The van der Waals surface area contributed by atoms with Gasteiger partial charge in [0.15, 0.2) is 0 Å². The van der Waals surface area contributed by atoms with Crippen LogP contribution in [0.5, 0.6) is 0 Å². The van der Waals surface area contributed by atoms with Gasteiger partial charge in [0.2, 0.25) is 0 Å². The maximum atomic E-state index is 2.65. The zero-order valence-corrected chi connectivity index (χ0v) is 17.1. The van der Waals surface area contributed by atoms with Crippen LogP contribution in [0.25, 0.3) is 0 Å². The zero-order chi connectivity index (χ0) is 14.8. The summed E-state index contributed by atoms with van der Waals surface area (Å²) in [6, 6.07) is 2.60. The third-order valence-electron chi connectivity index (χ3n) is 4.70. The summed E-state index contributed by atoms with van der Waals surface area (Å²) in [5.41, 5.74) is 8.83. The Morgan fingerprint density at radius 3 is 1.95 bits per heavy atom. The summed E-state index contributed by atoms with van der Waals surface area (Å²) in [6.45, 7) is 6.99. The molecule has 1 aliphatic rings. The molecule has 0 spiro atoms. The molecule has 0 amide bonds. The van der Waals surface area contributed by atoms with E-state index in [0.717, 1.165) is 0 Å².